The lowest BCUT2D eigenvalue weighted by molar-refractivity contribution is -0.0735. The van der Waals surface area contributed by atoms with Crippen molar-refractivity contribution in [2.24, 2.45) is 0 Å². The molecule has 0 atom stereocenters. The van der Waals surface area contributed by atoms with Crippen molar-refractivity contribution < 1.29 is 9.94 Å². The number of nitrogens with zero attached hydrogens (tertiary/aromatic N) is 1. The van der Waals surface area contributed by atoms with Gasteiger partial charge in [0.1, 0.15) is 5.75 Å². The smallest absolute Gasteiger partial charge is 0.124 e. The molecule has 0 aromatic heterocycles. The lowest BCUT2D eigenvalue weighted by Crippen LogP contribution is -2.12. The second-order valence-corrected chi connectivity index (χ2v) is 4.16. The predicted molar refractivity (Wildman–Crippen MR) is 59.0 cm³/mol. The van der Waals surface area contributed by atoms with Crippen LogP contribution in [0.5, 0.6) is 5.75 Å². The summed E-state index contributed by atoms with van der Waals surface area (Å²) in [6, 6.07) is 3.54. The molecule has 5 heteroatoms. The van der Waals surface area contributed by atoms with E-state index in [4.69, 9.17) is 21.5 Å². The van der Waals surface area contributed by atoms with Gasteiger partial charge >= 0.3 is 0 Å². The molecule has 0 amide bonds. The third-order valence-corrected chi connectivity index (χ3v) is 2.92. The first-order valence-electron chi connectivity index (χ1n) is 3.96. The van der Waals surface area contributed by atoms with Crippen molar-refractivity contribution in [3.05, 3.63) is 27.2 Å². The Labute approximate surface area is 96.3 Å². The number of benzene rings is 1. The Kier molecular flexibility index (Phi) is 4.19. The molecule has 0 unspecified atom stereocenters. The average Bonchev–Trinajstić information content (AvgIpc) is 2.10. The van der Waals surface area contributed by atoms with Crippen LogP contribution in [-0.4, -0.2) is 24.4 Å². The summed E-state index contributed by atoms with van der Waals surface area (Å²) in [5, 5.41) is 10.8. The van der Waals surface area contributed by atoms with Gasteiger partial charge in [0.2, 0.25) is 0 Å². The van der Waals surface area contributed by atoms with Crippen molar-refractivity contribution in [3.63, 3.8) is 0 Å². The van der Waals surface area contributed by atoms with Crippen LogP contribution in [-0.2, 0) is 6.54 Å². The molecule has 1 aromatic rings. The van der Waals surface area contributed by atoms with Gasteiger partial charge in [-0.1, -0.05) is 11.6 Å². The van der Waals surface area contributed by atoms with E-state index in [1.165, 1.54) is 0 Å². The number of rotatable bonds is 3. The quantitative estimate of drug-likeness (QED) is 0.864. The Morgan fingerprint density at radius 2 is 2.21 bits per heavy atom. The highest BCUT2D eigenvalue weighted by Gasteiger charge is 2.08. The minimum atomic E-state index is 0.371. The number of hydrogen-bond donors (Lipinski definition) is 1. The molecule has 1 N–H and O–H groups in total. The largest absolute Gasteiger partial charge is 0.496 e. The van der Waals surface area contributed by atoms with Crippen molar-refractivity contribution in [1.82, 2.24) is 5.06 Å². The fourth-order valence-corrected chi connectivity index (χ4v) is 1.64. The zero-order chi connectivity index (χ0) is 10.7. The Balaban J connectivity index is 3.07. The molecule has 1 rings (SSSR count). The predicted octanol–water partition coefficient (Wildman–Crippen LogP) is 2.93. The monoisotopic (exact) mass is 279 g/mol. The number of hydroxylamine groups is 2. The first kappa shape index (κ1) is 11.8. The van der Waals surface area contributed by atoms with Crippen molar-refractivity contribution in [1.29, 1.82) is 0 Å². The van der Waals surface area contributed by atoms with Gasteiger partial charge in [-0.15, -0.1) is 0 Å². The van der Waals surface area contributed by atoms with E-state index < -0.39 is 0 Å². The molecule has 0 saturated heterocycles. The van der Waals surface area contributed by atoms with Crippen molar-refractivity contribution in [3.8, 4) is 5.75 Å². The van der Waals surface area contributed by atoms with Gasteiger partial charge < -0.3 is 9.94 Å². The van der Waals surface area contributed by atoms with Crippen LogP contribution in [0.15, 0.2) is 16.6 Å². The Hall–Kier alpha value is -0.290. The van der Waals surface area contributed by atoms with Gasteiger partial charge in [-0.25, -0.2) is 0 Å². The molecule has 0 bridgehead atoms. The Morgan fingerprint density at radius 3 is 2.71 bits per heavy atom. The minimum Gasteiger partial charge on any atom is -0.496 e. The van der Waals surface area contributed by atoms with Gasteiger partial charge in [0.05, 0.1) is 18.7 Å². The maximum absolute atomic E-state index is 9.11. The van der Waals surface area contributed by atoms with Crippen LogP contribution < -0.4 is 4.74 Å². The standard InChI is InChI=1S/C9H11BrClNO2/c1-12(13)5-6-3-8(11)7(10)4-9(6)14-2/h3-4,13H,5H2,1-2H3. The fraction of sp³-hybridized carbons (Fsp3) is 0.333. The SMILES string of the molecule is COc1cc(Br)c(Cl)cc1CN(C)O. The lowest BCUT2D eigenvalue weighted by Gasteiger charge is -2.13. The summed E-state index contributed by atoms with van der Waals surface area (Å²) in [6.07, 6.45) is 0. The van der Waals surface area contributed by atoms with E-state index >= 15 is 0 Å². The average molecular weight is 281 g/mol. The lowest BCUT2D eigenvalue weighted by atomic mass is 10.2. The molecule has 0 fully saturated rings. The van der Waals surface area contributed by atoms with E-state index in [0.29, 0.717) is 17.3 Å². The normalized spacial score (nSPS) is 10.7. The molecule has 14 heavy (non-hydrogen) atoms. The number of halogens is 2. The molecule has 0 aliphatic carbocycles. The van der Waals surface area contributed by atoms with Crippen molar-refractivity contribution >= 4 is 27.5 Å². The van der Waals surface area contributed by atoms with Crippen LogP contribution in [0.3, 0.4) is 0 Å². The third kappa shape index (κ3) is 2.85. The van der Waals surface area contributed by atoms with Crippen molar-refractivity contribution in [2.45, 2.75) is 6.54 Å². The Bertz CT molecular complexity index is 331. The summed E-state index contributed by atoms with van der Waals surface area (Å²) in [7, 11) is 3.14. The highest BCUT2D eigenvalue weighted by atomic mass is 79.9. The maximum Gasteiger partial charge on any atom is 0.124 e. The first-order valence-corrected chi connectivity index (χ1v) is 5.13. The summed E-state index contributed by atoms with van der Waals surface area (Å²) in [4.78, 5) is 0. The molecule has 78 valence electrons. The van der Waals surface area contributed by atoms with E-state index in [1.54, 1.807) is 26.3 Å². The van der Waals surface area contributed by atoms with E-state index in [1.807, 2.05) is 0 Å². The number of methoxy groups -OCH3 is 1. The van der Waals surface area contributed by atoms with E-state index in [0.717, 1.165) is 15.1 Å². The van der Waals surface area contributed by atoms with Gasteiger partial charge in [-0.05, 0) is 28.1 Å². The summed E-state index contributed by atoms with van der Waals surface area (Å²) in [5.74, 6) is 0.696. The summed E-state index contributed by atoms with van der Waals surface area (Å²) in [5.41, 5.74) is 0.839. The zero-order valence-corrected chi connectivity index (χ0v) is 10.3. The highest BCUT2D eigenvalue weighted by Crippen LogP contribution is 2.31. The molecule has 0 saturated carbocycles. The fourth-order valence-electron chi connectivity index (χ4n) is 1.13. The van der Waals surface area contributed by atoms with Gasteiger partial charge in [-0.3, -0.25) is 0 Å². The van der Waals surface area contributed by atoms with Crippen LogP contribution in [0.4, 0.5) is 0 Å². The summed E-state index contributed by atoms with van der Waals surface area (Å²) < 4.78 is 5.93. The van der Waals surface area contributed by atoms with Crippen molar-refractivity contribution in [2.75, 3.05) is 14.2 Å². The molecule has 0 aliphatic heterocycles. The summed E-state index contributed by atoms with van der Waals surface area (Å²) >= 11 is 9.22. The van der Waals surface area contributed by atoms with Crippen LogP contribution >= 0.6 is 27.5 Å². The van der Waals surface area contributed by atoms with E-state index in [-0.39, 0.29) is 0 Å². The maximum atomic E-state index is 9.11. The molecule has 1 aromatic carbocycles. The van der Waals surface area contributed by atoms with E-state index in [2.05, 4.69) is 15.9 Å². The minimum absolute atomic E-state index is 0.371. The molecular weight excluding hydrogens is 269 g/mol. The van der Waals surface area contributed by atoms with Crippen LogP contribution in [0.2, 0.25) is 5.02 Å². The molecule has 0 heterocycles. The molecule has 3 nitrogen and oxygen atoms in total. The Morgan fingerprint density at radius 1 is 1.57 bits per heavy atom. The second kappa shape index (κ2) is 4.98. The first-order chi connectivity index (χ1) is 6.54. The number of ether oxygens (including phenoxy) is 1. The van der Waals surface area contributed by atoms with Crippen LogP contribution in [0.25, 0.3) is 0 Å². The molecule has 0 spiro atoms. The molecule has 0 aliphatic rings. The third-order valence-electron chi connectivity index (χ3n) is 1.72. The van der Waals surface area contributed by atoms with Crippen LogP contribution in [0.1, 0.15) is 5.56 Å². The van der Waals surface area contributed by atoms with Gasteiger partial charge in [0, 0.05) is 17.1 Å². The van der Waals surface area contributed by atoms with Gasteiger partial charge in [0.15, 0.2) is 0 Å². The topological polar surface area (TPSA) is 32.7 Å². The highest BCUT2D eigenvalue weighted by molar-refractivity contribution is 9.10. The van der Waals surface area contributed by atoms with Gasteiger partial charge in [0.25, 0.3) is 0 Å². The van der Waals surface area contributed by atoms with E-state index in [9.17, 15) is 0 Å². The molecular formula is C9H11BrClNO2. The number of hydrogen-bond acceptors (Lipinski definition) is 3. The zero-order valence-electron chi connectivity index (χ0n) is 7.92. The summed E-state index contributed by atoms with van der Waals surface area (Å²) in [6.45, 7) is 0.371. The van der Waals surface area contributed by atoms with Crippen LogP contribution in [0, 0.1) is 0 Å². The second-order valence-electron chi connectivity index (χ2n) is 2.89. The van der Waals surface area contributed by atoms with Gasteiger partial charge in [-0.2, -0.15) is 5.06 Å². The molecule has 0 radical (unpaired) electrons.